The SMILES string of the molecule is c1cncc(CCNc2ccncn2)c1. The van der Waals surface area contributed by atoms with Gasteiger partial charge in [-0.1, -0.05) is 6.07 Å². The van der Waals surface area contributed by atoms with Gasteiger partial charge >= 0.3 is 0 Å². The number of hydrogen-bond acceptors (Lipinski definition) is 4. The topological polar surface area (TPSA) is 50.7 Å². The molecule has 0 aliphatic heterocycles. The molecule has 0 saturated carbocycles. The summed E-state index contributed by atoms with van der Waals surface area (Å²) in [7, 11) is 0. The Labute approximate surface area is 88.4 Å². The summed E-state index contributed by atoms with van der Waals surface area (Å²) >= 11 is 0. The van der Waals surface area contributed by atoms with Gasteiger partial charge in [-0.15, -0.1) is 0 Å². The van der Waals surface area contributed by atoms with Crippen LogP contribution in [0.3, 0.4) is 0 Å². The third kappa shape index (κ3) is 3.02. The summed E-state index contributed by atoms with van der Waals surface area (Å²) in [5.41, 5.74) is 1.22. The van der Waals surface area contributed by atoms with E-state index in [2.05, 4.69) is 26.3 Å². The van der Waals surface area contributed by atoms with Crippen LogP contribution in [0.25, 0.3) is 0 Å². The second kappa shape index (κ2) is 5.05. The lowest BCUT2D eigenvalue weighted by molar-refractivity contribution is 0.988. The van der Waals surface area contributed by atoms with Crippen LogP contribution >= 0.6 is 0 Å². The number of nitrogens with zero attached hydrogens (tertiary/aromatic N) is 3. The third-order valence-electron chi connectivity index (χ3n) is 2.02. The number of rotatable bonds is 4. The highest BCUT2D eigenvalue weighted by atomic mass is 15.0. The van der Waals surface area contributed by atoms with Crippen LogP contribution in [0.1, 0.15) is 5.56 Å². The Morgan fingerprint density at radius 2 is 2.13 bits per heavy atom. The standard InChI is InChI=1S/C11H12N4/c1-2-10(8-12-5-1)3-7-14-11-4-6-13-9-15-11/h1-2,4-6,8-9H,3,7H2,(H,13,14,15). The van der Waals surface area contributed by atoms with E-state index < -0.39 is 0 Å². The van der Waals surface area contributed by atoms with Crippen LogP contribution in [0.15, 0.2) is 43.1 Å². The predicted molar refractivity (Wildman–Crippen MR) is 58.5 cm³/mol. The monoisotopic (exact) mass is 200 g/mol. The smallest absolute Gasteiger partial charge is 0.129 e. The molecule has 0 bridgehead atoms. The van der Waals surface area contributed by atoms with Crippen LogP contribution < -0.4 is 5.32 Å². The van der Waals surface area contributed by atoms with Crippen LogP contribution in [0.2, 0.25) is 0 Å². The highest BCUT2D eigenvalue weighted by Crippen LogP contribution is 2.00. The molecule has 0 aliphatic carbocycles. The lowest BCUT2D eigenvalue weighted by atomic mass is 10.2. The maximum atomic E-state index is 4.07. The van der Waals surface area contributed by atoms with Crippen molar-refractivity contribution in [3.8, 4) is 0 Å². The van der Waals surface area contributed by atoms with Crippen molar-refractivity contribution in [3.63, 3.8) is 0 Å². The molecule has 2 heterocycles. The molecule has 15 heavy (non-hydrogen) atoms. The van der Waals surface area contributed by atoms with Crippen molar-refractivity contribution >= 4 is 5.82 Å². The van der Waals surface area contributed by atoms with Gasteiger partial charge in [0.05, 0.1) is 0 Å². The lowest BCUT2D eigenvalue weighted by Gasteiger charge is -2.04. The molecule has 4 heteroatoms. The zero-order chi connectivity index (χ0) is 10.3. The largest absolute Gasteiger partial charge is 0.370 e. The van der Waals surface area contributed by atoms with E-state index in [0.717, 1.165) is 18.8 Å². The van der Waals surface area contributed by atoms with Crippen molar-refractivity contribution in [3.05, 3.63) is 48.7 Å². The van der Waals surface area contributed by atoms with Crippen molar-refractivity contribution in [1.29, 1.82) is 0 Å². The first kappa shape index (κ1) is 9.58. The zero-order valence-corrected chi connectivity index (χ0v) is 8.30. The van der Waals surface area contributed by atoms with Crippen LogP contribution in [-0.4, -0.2) is 21.5 Å². The van der Waals surface area contributed by atoms with Crippen molar-refractivity contribution in [2.24, 2.45) is 0 Å². The van der Waals surface area contributed by atoms with E-state index in [1.165, 1.54) is 11.9 Å². The number of nitrogens with one attached hydrogen (secondary N) is 1. The van der Waals surface area contributed by atoms with Gasteiger partial charge in [-0.05, 0) is 24.1 Å². The Hall–Kier alpha value is -1.97. The summed E-state index contributed by atoms with van der Waals surface area (Å²) < 4.78 is 0. The molecule has 1 N–H and O–H groups in total. The van der Waals surface area contributed by atoms with Crippen LogP contribution in [0.4, 0.5) is 5.82 Å². The highest BCUT2D eigenvalue weighted by molar-refractivity contribution is 5.31. The Balaban J connectivity index is 1.81. The zero-order valence-electron chi connectivity index (χ0n) is 8.30. The molecule has 0 radical (unpaired) electrons. The number of pyridine rings is 1. The van der Waals surface area contributed by atoms with E-state index in [1.54, 1.807) is 12.4 Å². The van der Waals surface area contributed by atoms with Crippen LogP contribution in [-0.2, 0) is 6.42 Å². The summed E-state index contributed by atoms with van der Waals surface area (Å²) in [6.45, 7) is 0.850. The molecule has 0 unspecified atom stereocenters. The Morgan fingerprint density at radius 1 is 1.13 bits per heavy atom. The first-order valence-corrected chi connectivity index (χ1v) is 4.84. The first-order valence-electron chi connectivity index (χ1n) is 4.84. The van der Waals surface area contributed by atoms with E-state index in [0.29, 0.717) is 0 Å². The normalized spacial score (nSPS) is 9.87. The average Bonchev–Trinajstić information content (AvgIpc) is 2.32. The minimum Gasteiger partial charge on any atom is -0.370 e. The fourth-order valence-corrected chi connectivity index (χ4v) is 1.28. The molecule has 0 fully saturated rings. The second-order valence-electron chi connectivity index (χ2n) is 3.13. The molecule has 0 spiro atoms. The predicted octanol–water partition coefficient (Wildman–Crippen LogP) is 1.53. The molecule has 4 nitrogen and oxygen atoms in total. The molecule has 2 rings (SSSR count). The molecule has 0 aliphatic rings. The summed E-state index contributed by atoms with van der Waals surface area (Å²) in [6, 6.07) is 5.86. The van der Waals surface area contributed by atoms with Gasteiger partial charge in [-0.2, -0.15) is 0 Å². The van der Waals surface area contributed by atoms with Crippen molar-refractivity contribution in [2.45, 2.75) is 6.42 Å². The van der Waals surface area contributed by atoms with Crippen LogP contribution in [0, 0.1) is 0 Å². The van der Waals surface area contributed by atoms with Crippen molar-refractivity contribution in [2.75, 3.05) is 11.9 Å². The Bertz CT molecular complexity index is 348. The molecule has 0 saturated heterocycles. The molecule has 2 aromatic heterocycles. The molecule has 0 amide bonds. The Kier molecular flexibility index (Phi) is 3.22. The molecular weight excluding hydrogens is 188 g/mol. The van der Waals surface area contributed by atoms with Gasteiger partial charge in [0.1, 0.15) is 12.1 Å². The van der Waals surface area contributed by atoms with Gasteiger partial charge in [0.2, 0.25) is 0 Å². The summed E-state index contributed by atoms with van der Waals surface area (Å²) in [4.78, 5) is 12.0. The minimum atomic E-state index is 0.850. The average molecular weight is 200 g/mol. The maximum absolute atomic E-state index is 4.07. The van der Waals surface area contributed by atoms with E-state index in [1.807, 2.05) is 18.3 Å². The van der Waals surface area contributed by atoms with E-state index in [-0.39, 0.29) is 0 Å². The highest BCUT2D eigenvalue weighted by Gasteiger charge is 1.93. The lowest BCUT2D eigenvalue weighted by Crippen LogP contribution is -2.06. The first-order chi connectivity index (χ1) is 7.45. The molecule has 0 atom stereocenters. The van der Waals surface area contributed by atoms with Crippen molar-refractivity contribution < 1.29 is 0 Å². The quantitative estimate of drug-likeness (QED) is 0.813. The third-order valence-corrected chi connectivity index (χ3v) is 2.02. The minimum absolute atomic E-state index is 0.850. The van der Waals surface area contributed by atoms with Gasteiger partial charge in [-0.3, -0.25) is 4.98 Å². The molecular formula is C11H12N4. The van der Waals surface area contributed by atoms with E-state index >= 15 is 0 Å². The fourth-order valence-electron chi connectivity index (χ4n) is 1.28. The molecule has 2 aromatic rings. The second-order valence-corrected chi connectivity index (χ2v) is 3.13. The van der Waals surface area contributed by atoms with Gasteiger partial charge in [0, 0.05) is 25.1 Å². The maximum Gasteiger partial charge on any atom is 0.129 e. The van der Waals surface area contributed by atoms with Gasteiger partial charge < -0.3 is 5.32 Å². The van der Waals surface area contributed by atoms with Crippen LogP contribution in [0.5, 0.6) is 0 Å². The summed E-state index contributed by atoms with van der Waals surface area (Å²) in [6.07, 6.45) is 7.85. The number of anilines is 1. The number of aromatic nitrogens is 3. The molecule has 0 aromatic carbocycles. The van der Waals surface area contributed by atoms with E-state index in [9.17, 15) is 0 Å². The fraction of sp³-hybridized carbons (Fsp3) is 0.182. The molecule has 76 valence electrons. The van der Waals surface area contributed by atoms with Gasteiger partial charge in [0.15, 0.2) is 0 Å². The van der Waals surface area contributed by atoms with E-state index in [4.69, 9.17) is 0 Å². The summed E-state index contributed by atoms with van der Waals surface area (Å²) in [5.74, 6) is 0.855. The van der Waals surface area contributed by atoms with Gasteiger partial charge in [-0.25, -0.2) is 9.97 Å². The van der Waals surface area contributed by atoms with Crippen molar-refractivity contribution in [1.82, 2.24) is 15.0 Å². The number of hydrogen-bond donors (Lipinski definition) is 1. The van der Waals surface area contributed by atoms with Gasteiger partial charge in [0.25, 0.3) is 0 Å². The Morgan fingerprint density at radius 3 is 2.87 bits per heavy atom. The summed E-state index contributed by atoms with van der Waals surface area (Å²) in [5, 5.41) is 3.21.